The van der Waals surface area contributed by atoms with Gasteiger partial charge in [-0.3, -0.25) is 9.69 Å². The highest BCUT2D eigenvalue weighted by Crippen LogP contribution is 2.23. The van der Waals surface area contributed by atoms with Crippen LogP contribution in [0, 0.1) is 5.92 Å². The third-order valence-electron chi connectivity index (χ3n) is 3.04. The number of carbonyl (C=O) groups is 1. The van der Waals surface area contributed by atoms with Gasteiger partial charge in [0.2, 0.25) is 0 Å². The molecule has 0 aromatic rings. The van der Waals surface area contributed by atoms with E-state index >= 15 is 0 Å². The van der Waals surface area contributed by atoms with Crippen LogP contribution >= 0.6 is 0 Å². The molecule has 1 saturated heterocycles. The van der Waals surface area contributed by atoms with Crippen molar-refractivity contribution in [1.29, 1.82) is 0 Å². The van der Waals surface area contributed by atoms with E-state index < -0.39 is 0 Å². The Morgan fingerprint density at radius 1 is 1.50 bits per heavy atom. The second kappa shape index (κ2) is 4.78. The molecule has 1 aliphatic heterocycles. The first-order valence-corrected chi connectivity index (χ1v) is 5.41. The van der Waals surface area contributed by atoms with E-state index in [9.17, 15) is 4.79 Å². The fourth-order valence-electron chi connectivity index (χ4n) is 2.28. The molecule has 82 valence electrons. The van der Waals surface area contributed by atoms with Crippen molar-refractivity contribution >= 4 is 5.97 Å². The summed E-state index contributed by atoms with van der Waals surface area (Å²) in [5, 5.41) is 0. The standard InChI is InChI=1S/C11H21NO2/c1-8(2)10(11(13)14-4)12-7-5-6-9(12)3/h8-10H,5-7H2,1-4H3/t9-,10-/m0/s1. The van der Waals surface area contributed by atoms with E-state index in [4.69, 9.17) is 4.74 Å². The Morgan fingerprint density at radius 3 is 2.50 bits per heavy atom. The Balaban J connectivity index is 2.71. The molecule has 0 amide bonds. The SMILES string of the molecule is COC(=O)[C@H](C(C)C)N1CCC[C@@H]1C. The Labute approximate surface area is 86.4 Å². The van der Waals surface area contributed by atoms with Crippen molar-refractivity contribution < 1.29 is 9.53 Å². The number of carbonyl (C=O) groups excluding carboxylic acids is 1. The number of likely N-dealkylation sites (tertiary alicyclic amines) is 1. The normalized spacial score (nSPS) is 25.4. The van der Waals surface area contributed by atoms with Crippen LogP contribution in [0.3, 0.4) is 0 Å². The summed E-state index contributed by atoms with van der Waals surface area (Å²) in [6.45, 7) is 7.36. The molecule has 1 heterocycles. The van der Waals surface area contributed by atoms with Gasteiger partial charge >= 0.3 is 5.97 Å². The largest absolute Gasteiger partial charge is 0.468 e. The zero-order valence-electron chi connectivity index (χ0n) is 9.62. The smallest absolute Gasteiger partial charge is 0.323 e. The number of methoxy groups -OCH3 is 1. The molecule has 1 fully saturated rings. The molecule has 0 spiro atoms. The number of ether oxygens (including phenoxy) is 1. The van der Waals surface area contributed by atoms with Crippen LogP contribution in [0.15, 0.2) is 0 Å². The highest BCUT2D eigenvalue weighted by Gasteiger charge is 2.35. The van der Waals surface area contributed by atoms with Crippen LogP contribution < -0.4 is 0 Å². The molecular formula is C11H21NO2. The predicted octanol–water partition coefficient (Wildman–Crippen LogP) is 1.67. The van der Waals surface area contributed by atoms with Crippen LogP contribution in [0.1, 0.15) is 33.6 Å². The maximum atomic E-state index is 11.6. The number of hydrogen-bond acceptors (Lipinski definition) is 3. The van der Waals surface area contributed by atoms with Gasteiger partial charge in [0.25, 0.3) is 0 Å². The number of rotatable bonds is 3. The van der Waals surface area contributed by atoms with Crippen molar-refractivity contribution in [1.82, 2.24) is 4.90 Å². The van der Waals surface area contributed by atoms with Gasteiger partial charge in [-0.2, -0.15) is 0 Å². The number of esters is 1. The summed E-state index contributed by atoms with van der Waals surface area (Å²) >= 11 is 0. The molecule has 0 aromatic heterocycles. The van der Waals surface area contributed by atoms with Crippen molar-refractivity contribution in [2.24, 2.45) is 5.92 Å². The van der Waals surface area contributed by atoms with Crippen molar-refractivity contribution in [2.45, 2.75) is 45.7 Å². The maximum Gasteiger partial charge on any atom is 0.323 e. The highest BCUT2D eigenvalue weighted by molar-refractivity contribution is 5.76. The highest BCUT2D eigenvalue weighted by atomic mass is 16.5. The summed E-state index contributed by atoms with van der Waals surface area (Å²) in [5.41, 5.74) is 0. The molecular weight excluding hydrogens is 178 g/mol. The van der Waals surface area contributed by atoms with Crippen molar-refractivity contribution in [2.75, 3.05) is 13.7 Å². The summed E-state index contributed by atoms with van der Waals surface area (Å²) in [6.07, 6.45) is 2.39. The summed E-state index contributed by atoms with van der Waals surface area (Å²) in [4.78, 5) is 13.9. The Bertz CT molecular complexity index is 203. The van der Waals surface area contributed by atoms with Gasteiger partial charge in [-0.25, -0.2) is 0 Å². The first kappa shape index (κ1) is 11.5. The van der Waals surface area contributed by atoms with Crippen LogP contribution in [-0.4, -0.2) is 36.6 Å². The quantitative estimate of drug-likeness (QED) is 0.647. The lowest BCUT2D eigenvalue weighted by Gasteiger charge is -2.31. The lowest BCUT2D eigenvalue weighted by atomic mass is 10.0. The minimum absolute atomic E-state index is 0.0579. The van der Waals surface area contributed by atoms with Crippen molar-refractivity contribution in [3.8, 4) is 0 Å². The third-order valence-corrected chi connectivity index (χ3v) is 3.04. The predicted molar refractivity (Wildman–Crippen MR) is 56.0 cm³/mol. The Kier molecular flexibility index (Phi) is 3.93. The summed E-state index contributed by atoms with van der Waals surface area (Å²) in [5.74, 6) is 0.233. The molecule has 0 N–H and O–H groups in total. The number of hydrogen-bond donors (Lipinski definition) is 0. The molecule has 3 heteroatoms. The van der Waals surface area contributed by atoms with E-state index in [0.29, 0.717) is 12.0 Å². The monoisotopic (exact) mass is 199 g/mol. The van der Waals surface area contributed by atoms with E-state index in [1.807, 2.05) is 0 Å². The van der Waals surface area contributed by atoms with Gasteiger partial charge in [0.15, 0.2) is 0 Å². The topological polar surface area (TPSA) is 29.5 Å². The van der Waals surface area contributed by atoms with Gasteiger partial charge in [0.05, 0.1) is 7.11 Å². The lowest BCUT2D eigenvalue weighted by molar-refractivity contribution is -0.149. The summed E-state index contributed by atoms with van der Waals surface area (Å²) in [6, 6.07) is 0.457. The van der Waals surface area contributed by atoms with Gasteiger partial charge < -0.3 is 4.74 Å². The minimum Gasteiger partial charge on any atom is -0.468 e. The molecule has 0 bridgehead atoms. The number of nitrogens with zero attached hydrogens (tertiary/aromatic N) is 1. The second-order valence-electron chi connectivity index (χ2n) is 4.44. The van der Waals surface area contributed by atoms with Gasteiger partial charge in [-0.1, -0.05) is 13.8 Å². The molecule has 1 aliphatic rings. The fourth-order valence-corrected chi connectivity index (χ4v) is 2.28. The van der Waals surface area contributed by atoms with E-state index in [-0.39, 0.29) is 12.0 Å². The summed E-state index contributed by atoms with van der Waals surface area (Å²) < 4.78 is 4.85. The van der Waals surface area contributed by atoms with Crippen LogP contribution in [-0.2, 0) is 9.53 Å². The van der Waals surface area contributed by atoms with E-state index in [0.717, 1.165) is 6.54 Å². The van der Waals surface area contributed by atoms with E-state index in [1.165, 1.54) is 20.0 Å². The zero-order valence-corrected chi connectivity index (χ0v) is 9.62. The van der Waals surface area contributed by atoms with Crippen molar-refractivity contribution in [3.63, 3.8) is 0 Å². The molecule has 1 rings (SSSR count). The molecule has 0 radical (unpaired) electrons. The van der Waals surface area contributed by atoms with E-state index in [2.05, 4.69) is 25.7 Å². The summed E-state index contributed by atoms with van der Waals surface area (Å²) in [7, 11) is 1.47. The minimum atomic E-state index is -0.0891. The van der Waals surface area contributed by atoms with Crippen LogP contribution in [0.2, 0.25) is 0 Å². The van der Waals surface area contributed by atoms with Crippen LogP contribution in [0.4, 0.5) is 0 Å². The van der Waals surface area contributed by atoms with Gasteiger partial charge in [0.1, 0.15) is 6.04 Å². The van der Waals surface area contributed by atoms with Gasteiger partial charge in [-0.15, -0.1) is 0 Å². The molecule has 2 atom stereocenters. The maximum absolute atomic E-state index is 11.6. The van der Waals surface area contributed by atoms with Crippen molar-refractivity contribution in [3.05, 3.63) is 0 Å². The zero-order chi connectivity index (χ0) is 10.7. The average molecular weight is 199 g/mol. The molecule has 3 nitrogen and oxygen atoms in total. The first-order valence-electron chi connectivity index (χ1n) is 5.41. The second-order valence-corrected chi connectivity index (χ2v) is 4.44. The molecule has 14 heavy (non-hydrogen) atoms. The van der Waals surface area contributed by atoms with Gasteiger partial charge in [0, 0.05) is 6.04 Å². The average Bonchev–Trinajstić information content (AvgIpc) is 2.52. The molecule has 0 saturated carbocycles. The first-order chi connectivity index (χ1) is 6.57. The molecule has 0 aliphatic carbocycles. The Morgan fingerprint density at radius 2 is 2.14 bits per heavy atom. The molecule has 0 unspecified atom stereocenters. The Hall–Kier alpha value is -0.570. The molecule has 0 aromatic carbocycles. The van der Waals surface area contributed by atoms with Gasteiger partial charge in [-0.05, 0) is 32.2 Å². The van der Waals surface area contributed by atoms with Crippen LogP contribution in [0.25, 0.3) is 0 Å². The van der Waals surface area contributed by atoms with E-state index in [1.54, 1.807) is 0 Å². The van der Waals surface area contributed by atoms with Crippen LogP contribution in [0.5, 0.6) is 0 Å². The third kappa shape index (κ3) is 2.27. The lowest BCUT2D eigenvalue weighted by Crippen LogP contribution is -2.46. The fraction of sp³-hybridized carbons (Fsp3) is 0.909.